The van der Waals surface area contributed by atoms with E-state index in [0.29, 0.717) is 12.2 Å². The van der Waals surface area contributed by atoms with Crippen LogP contribution in [0, 0.1) is 0 Å². The normalized spacial score (nSPS) is 20.5. The highest BCUT2D eigenvalue weighted by Crippen LogP contribution is 2.33. The lowest BCUT2D eigenvalue weighted by atomic mass is 10.1. The summed E-state index contributed by atoms with van der Waals surface area (Å²) in [6.45, 7) is 1.45. The monoisotopic (exact) mass is 294 g/mol. The lowest BCUT2D eigenvalue weighted by Gasteiger charge is -2.33. The summed E-state index contributed by atoms with van der Waals surface area (Å²) in [7, 11) is 0. The summed E-state index contributed by atoms with van der Waals surface area (Å²) in [6.07, 6.45) is -2.82. The van der Waals surface area contributed by atoms with Gasteiger partial charge in [-0.15, -0.1) is 13.2 Å². The molecular weight excluding hydrogens is 281 g/mol. The van der Waals surface area contributed by atoms with Crippen molar-refractivity contribution in [3.8, 4) is 5.75 Å². The second-order valence-corrected chi connectivity index (χ2v) is 4.92. The Morgan fingerprint density at radius 1 is 1.37 bits per heavy atom. The van der Waals surface area contributed by atoms with Crippen LogP contribution >= 0.6 is 11.6 Å². The van der Waals surface area contributed by atoms with Gasteiger partial charge in [-0.3, -0.25) is 0 Å². The molecule has 19 heavy (non-hydrogen) atoms. The number of piperidine rings is 1. The first-order valence-electron chi connectivity index (χ1n) is 5.91. The molecule has 3 nitrogen and oxygen atoms in total. The largest absolute Gasteiger partial charge is 0.573 e. The van der Waals surface area contributed by atoms with Crippen LogP contribution in [-0.2, 0) is 0 Å². The zero-order chi connectivity index (χ0) is 14.0. The molecule has 0 unspecified atom stereocenters. The number of ether oxygens (including phenoxy) is 1. The molecule has 1 saturated heterocycles. The van der Waals surface area contributed by atoms with Gasteiger partial charge in [0.2, 0.25) is 0 Å². The van der Waals surface area contributed by atoms with E-state index in [1.54, 1.807) is 0 Å². The number of hydrogen-bond acceptors (Lipinski definition) is 3. The Morgan fingerprint density at radius 3 is 2.68 bits per heavy atom. The number of halogens is 4. The highest BCUT2D eigenvalue weighted by Gasteiger charge is 2.31. The summed E-state index contributed by atoms with van der Waals surface area (Å²) >= 11 is 6.01. The first-order valence-corrected chi connectivity index (χ1v) is 6.29. The smallest absolute Gasteiger partial charge is 0.406 e. The van der Waals surface area contributed by atoms with E-state index in [-0.39, 0.29) is 16.8 Å². The third-order valence-electron chi connectivity index (χ3n) is 2.95. The van der Waals surface area contributed by atoms with Crippen molar-refractivity contribution in [2.75, 3.05) is 18.0 Å². The van der Waals surface area contributed by atoms with Gasteiger partial charge in [-0.05, 0) is 25.0 Å². The van der Waals surface area contributed by atoms with Crippen molar-refractivity contribution in [3.63, 3.8) is 0 Å². The van der Waals surface area contributed by atoms with Crippen molar-refractivity contribution in [1.82, 2.24) is 0 Å². The van der Waals surface area contributed by atoms with Crippen molar-refractivity contribution in [2.24, 2.45) is 5.73 Å². The van der Waals surface area contributed by atoms with Gasteiger partial charge in [0.25, 0.3) is 0 Å². The van der Waals surface area contributed by atoms with Crippen molar-refractivity contribution in [2.45, 2.75) is 25.2 Å². The molecule has 7 heteroatoms. The van der Waals surface area contributed by atoms with Gasteiger partial charge in [-0.25, -0.2) is 0 Å². The van der Waals surface area contributed by atoms with Crippen LogP contribution < -0.4 is 15.4 Å². The maximum atomic E-state index is 12.1. The molecule has 0 aliphatic carbocycles. The van der Waals surface area contributed by atoms with Gasteiger partial charge in [0, 0.05) is 25.2 Å². The standard InChI is InChI=1S/C12H14ClF3N2O/c13-10-6-9(19-12(14,15)16)3-4-11(10)18-5-1-2-8(17)7-18/h3-4,6,8H,1-2,5,7,17H2/t8-/m1/s1. The number of anilines is 1. The third kappa shape index (κ3) is 3.91. The van der Waals surface area contributed by atoms with Gasteiger partial charge in [0.05, 0.1) is 10.7 Å². The Morgan fingerprint density at radius 2 is 2.11 bits per heavy atom. The lowest BCUT2D eigenvalue weighted by molar-refractivity contribution is -0.274. The van der Waals surface area contributed by atoms with Crippen molar-refractivity contribution in [1.29, 1.82) is 0 Å². The maximum absolute atomic E-state index is 12.1. The minimum Gasteiger partial charge on any atom is -0.406 e. The van der Waals surface area contributed by atoms with Gasteiger partial charge in [0.1, 0.15) is 5.75 Å². The van der Waals surface area contributed by atoms with Crippen LogP contribution in [0.25, 0.3) is 0 Å². The molecule has 1 heterocycles. The topological polar surface area (TPSA) is 38.5 Å². The molecule has 1 aliphatic heterocycles. The molecule has 2 rings (SSSR count). The summed E-state index contributed by atoms with van der Waals surface area (Å²) in [6, 6.07) is 4.02. The average Bonchev–Trinajstić information content (AvgIpc) is 2.26. The quantitative estimate of drug-likeness (QED) is 0.910. The number of nitrogens with two attached hydrogens (primary N) is 1. The maximum Gasteiger partial charge on any atom is 0.573 e. The van der Waals surface area contributed by atoms with E-state index < -0.39 is 6.36 Å². The van der Waals surface area contributed by atoms with Crippen LogP contribution in [-0.4, -0.2) is 25.5 Å². The molecule has 1 atom stereocenters. The minimum atomic E-state index is -4.71. The van der Waals surface area contributed by atoms with Gasteiger partial charge in [-0.1, -0.05) is 11.6 Å². The van der Waals surface area contributed by atoms with Crippen LogP contribution in [0.15, 0.2) is 18.2 Å². The third-order valence-corrected chi connectivity index (χ3v) is 3.25. The zero-order valence-electron chi connectivity index (χ0n) is 10.1. The second kappa shape index (κ2) is 5.46. The molecule has 1 aromatic carbocycles. The molecule has 2 N–H and O–H groups in total. The number of hydrogen-bond donors (Lipinski definition) is 1. The Balaban J connectivity index is 2.15. The Labute approximate surface area is 114 Å². The molecule has 106 valence electrons. The molecule has 0 spiro atoms. The van der Waals surface area contributed by atoms with Crippen LogP contribution in [0.4, 0.5) is 18.9 Å². The molecule has 1 fully saturated rings. The number of benzene rings is 1. The summed E-state index contributed by atoms with van der Waals surface area (Å²) in [4.78, 5) is 1.98. The SMILES string of the molecule is N[C@@H]1CCCN(c2ccc(OC(F)(F)F)cc2Cl)C1. The van der Waals surface area contributed by atoms with Gasteiger partial charge in [0.15, 0.2) is 0 Å². The van der Waals surface area contributed by atoms with Crippen LogP contribution in [0.3, 0.4) is 0 Å². The van der Waals surface area contributed by atoms with Crippen molar-refractivity contribution in [3.05, 3.63) is 23.2 Å². The summed E-state index contributed by atoms with van der Waals surface area (Å²) < 4.78 is 40.1. The first kappa shape index (κ1) is 14.3. The number of nitrogens with zero attached hydrogens (tertiary/aromatic N) is 1. The van der Waals surface area contributed by atoms with E-state index in [1.165, 1.54) is 18.2 Å². The van der Waals surface area contributed by atoms with Gasteiger partial charge in [-0.2, -0.15) is 0 Å². The fourth-order valence-corrected chi connectivity index (χ4v) is 2.46. The van der Waals surface area contributed by atoms with Gasteiger partial charge < -0.3 is 15.4 Å². The van der Waals surface area contributed by atoms with E-state index in [9.17, 15) is 13.2 Å². The van der Waals surface area contributed by atoms with Crippen LogP contribution in [0.2, 0.25) is 5.02 Å². The Kier molecular flexibility index (Phi) is 4.10. The van der Waals surface area contributed by atoms with E-state index >= 15 is 0 Å². The molecule has 0 radical (unpaired) electrons. The molecular formula is C12H14ClF3N2O. The predicted octanol–water partition coefficient (Wildman–Crippen LogP) is 3.17. The van der Waals surface area contributed by atoms with E-state index in [2.05, 4.69) is 4.74 Å². The highest BCUT2D eigenvalue weighted by molar-refractivity contribution is 6.33. The highest BCUT2D eigenvalue weighted by atomic mass is 35.5. The zero-order valence-corrected chi connectivity index (χ0v) is 10.8. The molecule has 0 amide bonds. The molecule has 0 aromatic heterocycles. The van der Waals surface area contributed by atoms with Crippen molar-refractivity contribution < 1.29 is 17.9 Å². The molecule has 1 aromatic rings. The fraction of sp³-hybridized carbons (Fsp3) is 0.500. The van der Waals surface area contributed by atoms with E-state index in [1.807, 2.05) is 4.90 Å². The molecule has 0 bridgehead atoms. The second-order valence-electron chi connectivity index (χ2n) is 4.51. The summed E-state index contributed by atoms with van der Waals surface area (Å²) in [5, 5.41) is 0.232. The minimum absolute atomic E-state index is 0.0657. The van der Waals surface area contributed by atoms with Crippen LogP contribution in [0.5, 0.6) is 5.75 Å². The van der Waals surface area contributed by atoms with Crippen LogP contribution in [0.1, 0.15) is 12.8 Å². The van der Waals surface area contributed by atoms with E-state index in [4.69, 9.17) is 17.3 Å². The number of rotatable bonds is 2. The lowest BCUT2D eigenvalue weighted by Crippen LogP contribution is -2.42. The first-order chi connectivity index (χ1) is 8.85. The molecule has 1 aliphatic rings. The number of alkyl halides is 3. The Hall–Kier alpha value is -1.14. The fourth-order valence-electron chi connectivity index (χ4n) is 2.17. The van der Waals surface area contributed by atoms with E-state index in [0.717, 1.165) is 19.4 Å². The average molecular weight is 295 g/mol. The van der Waals surface area contributed by atoms with Gasteiger partial charge >= 0.3 is 6.36 Å². The molecule has 0 saturated carbocycles. The predicted molar refractivity (Wildman–Crippen MR) is 67.6 cm³/mol. The Bertz CT molecular complexity index is 453. The van der Waals surface area contributed by atoms with Crippen molar-refractivity contribution >= 4 is 17.3 Å². The summed E-state index contributed by atoms with van der Waals surface area (Å²) in [5.74, 6) is -0.317. The summed E-state index contributed by atoms with van der Waals surface area (Å²) in [5.41, 5.74) is 6.55.